The van der Waals surface area contributed by atoms with Crippen molar-refractivity contribution in [1.29, 1.82) is 0 Å². The summed E-state index contributed by atoms with van der Waals surface area (Å²) in [7, 11) is 1.07. The number of alkyl halides is 2. The molecule has 0 saturated carbocycles. The lowest BCUT2D eigenvalue weighted by Gasteiger charge is -2.08. The van der Waals surface area contributed by atoms with E-state index in [4.69, 9.17) is 0 Å². The van der Waals surface area contributed by atoms with Crippen LogP contribution in [0.2, 0.25) is 0 Å². The molecule has 8 heteroatoms. The number of aromatic nitrogens is 1. The van der Waals surface area contributed by atoms with Crippen molar-refractivity contribution in [3.05, 3.63) is 26.3 Å². The minimum atomic E-state index is -2.88. The summed E-state index contributed by atoms with van der Waals surface area (Å²) >= 11 is 2.83. The summed E-state index contributed by atoms with van der Waals surface area (Å²) in [6.07, 6.45) is -1.93. The molecule has 0 aliphatic carbocycles. The first-order chi connectivity index (χ1) is 6.99. The van der Waals surface area contributed by atoms with Crippen LogP contribution < -0.4 is 4.74 Å². The zero-order valence-corrected chi connectivity index (χ0v) is 8.99. The van der Waals surface area contributed by atoms with Crippen molar-refractivity contribution < 1.29 is 18.4 Å². The summed E-state index contributed by atoms with van der Waals surface area (Å²) in [6.45, 7) is 0. The van der Waals surface area contributed by atoms with E-state index < -0.39 is 28.5 Å². The minimum absolute atomic E-state index is 0.0278. The van der Waals surface area contributed by atoms with Gasteiger partial charge in [0.1, 0.15) is 0 Å². The number of hydrogen-bond acceptors (Lipinski definition) is 4. The number of nitro groups is 1. The number of rotatable bonds is 3. The van der Waals surface area contributed by atoms with E-state index in [1.807, 2.05) is 0 Å². The molecule has 0 bridgehead atoms. The first-order valence-corrected chi connectivity index (χ1v) is 4.43. The van der Waals surface area contributed by atoms with Gasteiger partial charge in [-0.25, -0.2) is 8.78 Å². The maximum absolute atomic E-state index is 12.6. The van der Waals surface area contributed by atoms with Crippen molar-refractivity contribution in [3.8, 4) is 5.75 Å². The molecule has 1 aromatic rings. The average molecular weight is 283 g/mol. The number of hydrogen-bond donors (Lipinski definition) is 0. The second-order valence-electron chi connectivity index (χ2n) is 2.43. The minimum Gasteiger partial charge on any atom is -0.489 e. The van der Waals surface area contributed by atoms with Gasteiger partial charge in [-0.2, -0.15) is 0 Å². The third kappa shape index (κ3) is 2.20. The van der Waals surface area contributed by atoms with Gasteiger partial charge in [-0.15, -0.1) is 0 Å². The molecule has 0 radical (unpaired) electrons. The first-order valence-electron chi connectivity index (χ1n) is 3.64. The highest BCUT2D eigenvalue weighted by atomic mass is 79.9. The molecule has 0 aliphatic heterocycles. The van der Waals surface area contributed by atoms with Gasteiger partial charge in [-0.3, -0.25) is 0 Å². The van der Waals surface area contributed by atoms with Crippen LogP contribution in [0.25, 0.3) is 0 Å². The van der Waals surface area contributed by atoms with Crippen LogP contribution in [0.4, 0.5) is 14.6 Å². The van der Waals surface area contributed by atoms with Crippen LogP contribution >= 0.6 is 15.9 Å². The maximum atomic E-state index is 12.6. The molecule has 0 aliphatic rings. The van der Waals surface area contributed by atoms with Gasteiger partial charge in [-0.1, -0.05) is 0 Å². The van der Waals surface area contributed by atoms with Crippen LogP contribution in [0.3, 0.4) is 0 Å². The van der Waals surface area contributed by atoms with E-state index in [2.05, 4.69) is 25.7 Å². The van der Waals surface area contributed by atoms with Crippen molar-refractivity contribution in [2.75, 3.05) is 7.11 Å². The Morgan fingerprint density at radius 2 is 2.27 bits per heavy atom. The molecule has 1 aromatic heterocycles. The number of pyridine rings is 1. The van der Waals surface area contributed by atoms with Crippen molar-refractivity contribution in [3.63, 3.8) is 0 Å². The quantitative estimate of drug-likeness (QED) is 0.632. The third-order valence-electron chi connectivity index (χ3n) is 1.60. The first kappa shape index (κ1) is 11.8. The summed E-state index contributed by atoms with van der Waals surface area (Å²) < 4.78 is 29.7. The van der Waals surface area contributed by atoms with Crippen LogP contribution in [-0.2, 0) is 0 Å². The van der Waals surface area contributed by atoms with E-state index in [0.717, 1.165) is 13.3 Å². The molecule has 0 atom stereocenters. The van der Waals surface area contributed by atoms with Crippen LogP contribution in [-0.4, -0.2) is 17.0 Å². The van der Waals surface area contributed by atoms with Gasteiger partial charge in [0.25, 0.3) is 6.43 Å². The number of halogens is 3. The van der Waals surface area contributed by atoms with Crippen LogP contribution in [0, 0.1) is 10.1 Å². The molecular weight excluding hydrogens is 278 g/mol. The monoisotopic (exact) mass is 282 g/mol. The van der Waals surface area contributed by atoms with Gasteiger partial charge in [0.15, 0.2) is 6.20 Å². The van der Waals surface area contributed by atoms with E-state index in [9.17, 15) is 18.9 Å². The fourth-order valence-electron chi connectivity index (χ4n) is 1.01. The largest absolute Gasteiger partial charge is 0.489 e. The number of ether oxygens (including phenoxy) is 1. The summed E-state index contributed by atoms with van der Waals surface area (Å²) in [5, 5.41) is 10.5. The lowest BCUT2D eigenvalue weighted by molar-refractivity contribution is -0.390. The Hall–Kier alpha value is -1.31. The molecule has 0 fully saturated rings. The zero-order chi connectivity index (χ0) is 11.6. The van der Waals surface area contributed by atoms with E-state index in [0.29, 0.717) is 0 Å². The fraction of sp³-hybridized carbons (Fsp3) is 0.286. The van der Waals surface area contributed by atoms with Crippen LogP contribution in [0.5, 0.6) is 5.75 Å². The van der Waals surface area contributed by atoms with Crippen molar-refractivity contribution in [2.45, 2.75) is 6.43 Å². The lowest BCUT2D eigenvalue weighted by atomic mass is 10.2. The van der Waals surface area contributed by atoms with Gasteiger partial charge < -0.3 is 14.9 Å². The van der Waals surface area contributed by atoms with Gasteiger partial charge in [-0.05, 0) is 25.8 Å². The Bertz CT molecular complexity index is 400. The molecule has 0 amide bonds. The van der Waals surface area contributed by atoms with Gasteiger partial charge >= 0.3 is 5.82 Å². The van der Waals surface area contributed by atoms with Gasteiger partial charge in [0.05, 0.1) is 17.1 Å². The van der Waals surface area contributed by atoms with Crippen molar-refractivity contribution in [2.24, 2.45) is 0 Å². The molecule has 1 rings (SSSR count). The Morgan fingerprint density at radius 1 is 1.67 bits per heavy atom. The highest BCUT2D eigenvalue weighted by Crippen LogP contribution is 2.39. The predicted octanol–water partition coefficient (Wildman–Crippen LogP) is 2.70. The van der Waals surface area contributed by atoms with Crippen molar-refractivity contribution in [1.82, 2.24) is 4.98 Å². The number of nitrogens with zero attached hydrogens (tertiary/aromatic N) is 2. The summed E-state index contributed by atoms with van der Waals surface area (Å²) in [4.78, 5) is 13.0. The van der Waals surface area contributed by atoms with Gasteiger partial charge in [0, 0.05) is 0 Å². The average Bonchev–Trinajstić information content (AvgIpc) is 2.15. The summed E-state index contributed by atoms with van der Waals surface area (Å²) in [6, 6.07) is 0. The zero-order valence-electron chi connectivity index (χ0n) is 7.41. The van der Waals surface area contributed by atoms with E-state index >= 15 is 0 Å². The van der Waals surface area contributed by atoms with Crippen LogP contribution in [0.15, 0.2) is 10.7 Å². The maximum Gasteiger partial charge on any atom is 0.406 e. The smallest absolute Gasteiger partial charge is 0.406 e. The molecule has 1 heterocycles. The summed E-state index contributed by atoms with van der Waals surface area (Å²) in [5.41, 5.74) is -0.570. The Labute approximate surface area is 91.3 Å². The second-order valence-corrected chi connectivity index (χ2v) is 3.29. The molecule has 5 nitrogen and oxygen atoms in total. The normalized spacial score (nSPS) is 10.5. The van der Waals surface area contributed by atoms with E-state index in [-0.39, 0.29) is 4.47 Å². The van der Waals surface area contributed by atoms with Crippen molar-refractivity contribution >= 4 is 21.7 Å². The highest BCUT2D eigenvalue weighted by molar-refractivity contribution is 9.10. The molecule has 0 aromatic carbocycles. The SMILES string of the molecule is COc1c([N+](=O)[O-])ncc(Br)c1C(F)F. The topological polar surface area (TPSA) is 65.3 Å². The summed E-state index contributed by atoms with van der Waals surface area (Å²) in [5.74, 6) is -1.25. The number of methoxy groups -OCH3 is 1. The molecular formula is C7H5BrF2N2O3. The molecule has 0 unspecified atom stereocenters. The second kappa shape index (κ2) is 4.47. The fourth-order valence-corrected chi connectivity index (χ4v) is 1.47. The predicted molar refractivity (Wildman–Crippen MR) is 50.1 cm³/mol. The third-order valence-corrected chi connectivity index (χ3v) is 2.23. The lowest BCUT2D eigenvalue weighted by Crippen LogP contribution is -2.02. The molecule has 0 spiro atoms. The Balaban J connectivity index is 3.47. The van der Waals surface area contributed by atoms with Crippen LogP contribution in [0.1, 0.15) is 12.0 Å². The van der Waals surface area contributed by atoms with E-state index in [1.165, 1.54) is 0 Å². The standard InChI is InChI=1S/C7H5BrF2N2O3/c1-15-5-4(6(9)10)3(8)2-11-7(5)12(13)14/h2,6H,1H3. The van der Waals surface area contributed by atoms with Gasteiger partial charge in [0.2, 0.25) is 5.75 Å². The molecule has 0 saturated heterocycles. The van der Waals surface area contributed by atoms with E-state index in [1.54, 1.807) is 0 Å². The Kier molecular flexibility index (Phi) is 3.51. The Morgan fingerprint density at radius 3 is 2.67 bits per heavy atom. The highest BCUT2D eigenvalue weighted by Gasteiger charge is 2.28. The molecule has 0 N–H and O–H groups in total. The molecule has 15 heavy (non-hydrogen) atoms. The molecule has 82 valence electrons.